The third-order valence-corrected chi connectivity index (χ3v) is 12.9. The van der Waals surface area contributed by atoms with E-state index in [9.17, 15) is 19.5 Å². The Hall–Kier alpha value is -6.05. The van der Waals surface area contributed by atoms with Gasteiger partial charge in [0.05, 0.1) is 36.9 Å². The van der Waals surface area contributed by atoms with Crippen LogP contribution in [0.15, 0.2) is 127 Å². The van der Waals surface area contributed by atoms with Crippen molar-refractivity contribution in [2.75, 3.05) is 42.3 Å². The van der Waals surface area contributed by atoms with Crippen molar-refractivity contribution in [3.63, 3.8) is 0 Å². The number of piperidine rings is 1. The predicted molar refractivity (Wildman–Crippen MR) is 250 cm³/mol. The molecule has 3 saturated heterocycles. The highest BCUT2D eigenvalue weighted by atomic mass is 16.7. The Labute approximate surface area is 376 Å². The van der Waals surface area contributed by atoms with Gasteiger partial charge in [0.2, 0.25) is 17.7 Å². The minimum Gasteiger partial charge on any atom is -0.397 e. The molecule has 6 N–H and O–H groups in total. The van der Waals surface area contributed by atoms with Gasteiger partial charge in [0.25, 0.3) is 0 Å². The van der Waals surface area contributed by atoms with Crippen molar-refractivity contribution in [2.24, 2.45) is 0 Å². The number of aliphatic hydroxyl groups excluding tert-OH is 1. The van der Waals surface area contributed by atoms with E-state index in [1.165, 1.54) is 0 Å². The first kappa shape index (κ1) is 44.6. The van der Waals surface area contributed by atoms with Crippen LogP contribution in [-0.2, 0) is 37.0 Å². The Bertz CT molecular complexity index is 2350. The maximum absolute atomic E-state index is 13.3. The summed E-state index contributed by atoms with van der Waals surface area (Å²) in [5, 5.41) is 18.8. The lowest BCUT2D eigenvalue weighted by Gasteiger charge is -2.45. The number of carbonyl (C=O) groups excluding carboxylic acids is 3. The van der Waals surface area contributed by atoms with Crippen LogP contribution >= 0.6 is 0 Å². The molecular weight excluding hydrogens is 805 g/mol. The van der Waals surface area contributed by atoms with Crippen LogP contribution in [0.5, 0.6) is 0 Å². The summed E-state index contributed by atoms with van der Waals surface area (Å²) in [5.74, 6) is 0.0584. The zero-order valence-corrected chi connectivity index (χ0v) is 36.4. The Balaban J connectivity index is 0.858. The number of para-hydroxylation sites is 3. The highest BCUT2D eigenvalue weighted by Crippen LogP contribution is 2.41. The fourth-order valence-electron chi connectivity index (χ4n) is 9.22. The second kappa shape index (κ2) is 21.1. The molecule has 64 heavy (non-hydrogen) atoms. The molecule has 12 nitrogen and oxygen atoms in total. The monoisotopic (exact) mass is 864 g/mol. The normalized spacial score (nSPS) is 19.6. The minimum atomic E-state index is -0.611. The van der Waals surface area contributed by atoms with Crippen LogP contribution in [0.4, 0.5) is 17.1 Å². The molecule has 3 fully saturated rings. The van der Waals surface area contributed by atoms with Crippen LogP contribution in [-0.4, -0.2) is 65.7 Å². The molecule has 3 atom stereocenters. The molecule has 0 aromatic heterocycles. The number of nitrogens with zero attached hydrogens (tertiary/aromatic N) is 2. The first-order valence-electron chi connectivity index (χ1n) is 22.7. The predicted octanol–water partition coefficient (Wildman–Crippen LogP) is 8.00. The molecule has 3 aliphatic rings. The molecule has 334 valence electrons. The van der Waals surface area contributed by atoms with E-state index in [-0.39, 0.29) is 36.5 Å². The van der Waals surface area contributed by atoms with Crippen molar-refractivity contribution in [1.29, 1.82) is 0 Å². The molecular formula is C52H60N6O6. The Morgan fingerprint density at radius 3 is 2.20 bits per heavy atom. The van der Waals surface area contributed by atoms with Crippen molar-refractivity contribution >= 4 is 34.8 Å². The highest BCUT2D eigenvalue weighted by molar-refractivity contribution is 5.94. The first-order chi connectivity index (χ1) is 31.3. The lowest BCUT2D eigenvalue weighted by atomic mass is 9.85. The van der Waals surface area contributed by atoms with Gasteiger partial charge in [0, 0.05) is 56.7 Å². The lowest BCUT2D eigenvalue weighted by Crippen LogP contribution is -2.57. The van der Waals surface area contributed by atoms with Gasteiger partial charge in [-0.05, 0) is 89.9 Å². The fourth-order valence-corrected chi connectivity index (χ4v) is 9.22. The van der Waals surface area contributed by atoms with Crippen LogP contribution in [0.2, 0.25) is 0 Å². The summed E-state index contributed by atoms with van der Waals surface area (Å²) in [5.41, 5.74) is 13.5. The summed E-state index contributed by atoms with van der Waals surface area (Å²) >= 11 is 0. The number of amides is 3. The number of likely N-dealkylation sites (tertiary alicyclic amines) is 1. The number of nitrogen functional groups attached to an aromatic ring is 1. The SMILES string of the molecule is Nc1ccccc1NC(=O)CCCCCCC(=O)NCc1cccc(-c2cccc([C@H]3O[C@@H](CN4CCC5(CC4)C(=O)NCN5c4ccccc4)C[C@@H](c4ccc(CO)cc4)O3)c2)c1. The third-order valence-electron chi connectivity index (χ3n) is 12.9. The molecule has 12 heteroatoms. The number of carbonyl (C=O) groups is 3. The van der Waals surface area contributed by atoms with Gasteiger partial charge in [0.1, 0.15) is 5.54 Å². The van der Waals surface area contributed by atoms with E-state index in [4.69, 9.17) is 15.2 Å². The van der Waals surface area contributed by atoms with Gasteiger partial charge >= 0.3 is 0 Å². The molecule has 3 amide bonds. The Kier molecular flexibility index (Phi) is 14.7. The molecule has 0 radical (unpaired) electrons. The van der Waals surface area contributed by atoms with Crippen molar-refractivity contribution in [3.05, 3.63) is 150 Å². The van der Waals surface area contributed by atoms with Crippen molar-refractivity contribution in [3.8, 4) is 11.1 Å². The van der Waals surface area contributed by atoms with E-state index in [0.29, 0.717) is 50.4 Å². The number of benzene rings is 5. The number of aliphatic hydroxyl groups is 1. The molecule has 3 heterocycles. The fraction of sp³-hybridized carbons (Fsp3) is 0.365. The first-order valence-corrected chi connectivity index (χ1v) is 22.7. The topological polar surface area (TPSA) is 158 Å². The number of nitrogens with two attached hydrogens (primary N) is 1. The molecule has 0 saturated carbocycles. The summed E-state index contributed by atoms with van der Waals surface area (Å²) in [4.78, 5) is 43.1. The summed E-state index contributed by atoms with van der Waals surface area (Å²) < 4.78 is 13.5. The smallest absolute Gasteiger partial charge is 0.247 e. The van der Waals surface area contributed by atoms with E-state index in [2.05, 4.69) is 62.1 Å². The standard InChI is InChI=1S/C52H60N6O6/c53-45-18-8-9-19-46(45)56-49(61)21-7-2-1-6-20-48(60)54-33-38-12-10-13-40(30-38)41-14-11-15-42(31-41)50-63-44(32-47(64-50)39-24-22-37(35-59)23-25-39)34-57-28-26-52(27-29-57)51(62)55-36-58(52)43-16-4-3-5-17-43/h3-5,8-19,22-25,30-31,44,47,50,59H,1-2,6-7,20-21,26-29,32-36,53H2,(H,54,60)(H,55,62)(H,56,61)/t44-,47+,50+/m1/s1. The number of ether oxygens (including phenoxy) is 2. The summed E-state index contributed by atoms with van der Waals surface area (Å²) in [6, 6.07) is 41.9. The number of unbranched alkanes of at least 4 members (excludes halogenated alkanes) is 3. The average molecular weight is 865 g/mol. The van der Waals surface area contributed by atoms with Gasteiger partial charge < -0.3 is 46.1 Å². The molecule has 5 aromatic carbocycles. The molecule has 0 bridgehead atoms. The van der Waals surface area contributed by atoms with E-state index >= 15 is 0 Å². The highest BCUT2D eigenvalue weighted by Gasteiger charge is 2.50. The number of hydrogen-bond acceptors (Lipinski definition) is 9. The van der Waals surface area contributed by atoms with Gasteiger partial charge in [-0.3, -0.25) is 14.4 Å². The molecule has 1 spiro atoms. The molecule has 0 aliphatic carbocycles. The quantitative estimate of drug-likeness (QED) is 0.0462. The third kappa shape index (κ3) is 11.0. The van der Waals surface area contributed by atoms with E-state index < -0.39 is 11.8 Å². The van der Waals surface area contributed by atoms with Crippen LogP contribution in [0.3, 0.4) is 0 Å². The van der Waals surface area contributed by atoms with Gasteiger partial charge in [-0.15, -0.1) is 0 Å². The molecule has 0 unspecified atom stereocenters. The number of hydrogen-bond donors (Lipinski definition) is 5. The number of nitrogens with one attached hydrogen (secondary N) is 3. The average Bonchev–Trinajstić information content (AvgIpc) is 3.65. The molecule has 8 rings (SSSR count). The van der Waals surface area contributed by atoms with E-state index in [1.54, 1.807) is 12.1 Å². The van der Waals surface area contributed by atoms with Gasteiger partial charge in [-0.1, -0.05) is 104 Å². The summed E-state index contributed by atoms with van der Waals surface area (Å²) in [6.07, 6.45) is 5.29. The Morgan fingerprint density at radius 1 is 0.750 bits per heavy atom. The van der Waals surface area contributed by atoms with Crippen molar-refractivity contribution in [1.82, 2.24) is 15.5 Å². The van der Waals surface area contributed by atoms with Gasteiger partial charge in [-0.25, -0.2) is 0 Å². The van der Waals surface area contributed by atoms with Gasteiger partial charge in [0.15, 0.2) is 6.29 Å². The molecule has 3 aliphatic heterocycles. The zero-order valence-electron chi connectivity index (χ0n) is 36.4. The number of anilines is 3. The van der Waals surface area contributed by atoms with E-state index in [0.717, 1.165) is 90.7 Å². The van der Waals surface area contributed by atoms with Crippen LogP contribution in [0.1, 0.15) is 92.4 Å². The van der Waals surface area contributed by atoms with Crippen LogP contribution < -0.4 is 26.6 Å². The minimum absolute atomic E-state index is 0.00801. The van der Waals surface area contributed by atoms with Crippen LogP contribution in [0.25, 0.3) is 11.1 Å². The molecule has 5 aromatic rings. The summed E-state index contributed by atoms with van der Waals surface area (Å²) in [7, 11) is 0. The largest absolute Gasteiger partial charge is 0.397 e. The second-order valence-electron chi connectivity index (χ2n) is 17.3. The zero-order chi connectivity index (χ0) is 44.3. The van der Waals surface area contributed by atoms with Crippen molar-refractivity contribution in [2.45, 2.75) is 95.0 Å². The second-order valence-corrected chi connectivity index (χ2v) is 17.3. The van der Waals surface area contributed by atoms with Gasteiger partial charge in [-0.2, -0.15) is 0 Å². The lowest BCUT2D eigenvalue weighted by molar-refractivity contribution is -0.253. The number of rotatable bonds is 17. The maximum atomic E-state index is 13.3. The Morgan fingerprint density at radius 2 is 1.45 bits per heavy atom. The van der Waals surface area contributed by atoms with E-state index in [1.807, 2.05) is 78.9 Å². The summed E-state index contributed by atoms with van der Waals surface area (Å²) in [6.45, 7) is 3.19. The van der Waals surface area contributed by atoms with Crippen LogP contribution in [0, 0.1) is 0 Å². The van der Waals surface area contributed by atoms with Crippen molar-refractivity contribution < 1.29 is 29.0 Å². The maximum Gasteiger partial charge on any atom is 0.247 e.